The highest BCUT2D eigenvalue weighted by atomic mass is 16.2. The van der Waals surface area contributed by atoms with E-state index in [4.69, 9.17) is 0 Å². The van der Waals surface area contributed by atoms with Gasteiger partial charge in [-0.3, -0.25) is 9.59 Å². The summed E-state index contributed by atoms with van der Waals surface area (Å²) in [5.74, 6) is 0.916. The molecule has 2 aliphatic rings. The van der Waals surface area contributed by atoms with E-state index in [9.17, 15) is 9.59 Å². The number of amides is 2. The van der Waals surface area contributed by atoms with Gasteiger partial charge in [-0.2, -0.15) is 0 Å². The van der Waals surface area contributed by atoms with Crippen molar-refractivity contribution in [2.24, 2.45) is 5.92 Å². The summed E-state index contributed by atoms with van der Waals surface area (Å²) in [6.45, 7) is 3.60. The second-order valence-corrected chi connectivity index (χ2v) is 6.93. The van der Waals surface area contributed by atoms with Crippen LogP contribution in [0.1, 0.15) is 54.4 Å². The highest BCUT2D eigenvalue weighted by Gasteiger charge is 2.26. The molecular formula is C19H26N2O2. The molecule has 0 radical (unpaired) electrons. The highest BCUT2D eigenvalue weighted by Crippen LogP contribution is 2.24. The van der Waals surface area contributed by atoms with Gasteiger partial charge < -0.3 is 10.2 Å². The number of aryl methyl sites for hydroxylation is 1. The van der Waals surface area contributed by atoms with E-state index in [0.29, 0.717) is 18.4 Å². The molecule has 0 atom stereocenters. The third-order valence-electron chi connectivity index (χ3n) is 5.00. The number of benzene rings is 1. The summed E-state index contributed by atoms with van der Waals surface area (Å²) in [7, 11) is 0. The van der Waals surface area contributed by atoms with Crippen LogP contribution in [0.3, 0.4) is 0 Å². The molecule has 0 spiro atoms. The molecule has 2 amide bonds. The van der Waals surface area contributed by atoms with E-state index in [2.05, 4.69) is 5.32 Å². The van der Waals surface area contributed by atoms with Crippen LogP contribution in [0.4, 0.5) is 0 Å². The molecule has 124 valence electrons. The van der Waals surface area contributed by atoms with Gasteiger partial charge in [0.15, 0.2) is 0 Å². The zero-order valence-corrected chi connectivity index (χ0v) is 13.9. The quantitative estimate of drug-likeness (QED) is 0.908. The maximum atomic E-state index is 12.6. The summed E-state index contributed by atoms with van der Waals surface area (Å²) >= 11 is 0. The molecule has 0 bridgehead atoms. The second-order valence-electron chi connectivity index (χ2n) is 6.93. The van der Waals surface area contributed by atoms with Crippen LogP contribution in [0.15, 0.2) is 24.3 Å². The SMILES string of the molecule is Cc1ccccc1C(=O)N1CCC(CCC(=O)NC2CC2)CC1. The smallest absolute Gasteiger partial charge is 0.254 e. The summed E-state index contributed by atoms with van der Waals surface area (Å²) < 4.78 is 0. The fourth-order valence-corrected chi connectivity index (χ4v) is 3.27. The molecule has 2 fully saturated rings. The van der Waals surface area contributed by atoms with Gasteiger partial charge in [-0.05, 0) is 56.6 Å². The summed E-state index contributed by atoms with van der Waals surface area (Å²) in [6, 6.07) is 8.23. The van der Waals surface area contributed by atoms with E-state index in [1.54, 1.807) is 0 Å². The fourth-order valence-electron chi connectivity index (χ4n) is 3.27. The Morgan fingerprint density at radius 1 is 1.13 bits per heavy atom. The molecule has 3 rings (SSSR count). The Morgan fingerprint density at radius 3 is 2.48 bits per heavy atom. The number of nitrogens with zero attached hydrogens (tertiary/aromatic N) is 1. The Kier molecular flexibility index (Phi) is 4.99. The Bertz CT molecular complexity index is 572. The number of carbonyl (C=O) groups excluding carboxylic acids is 2. The Hall–Kier alpha value is -1.84. The fraction of sp³-hybridized carbons (Fsp3) is 0.579. The van der Waals surface area contributed by atoms with Crippen molar-refractivity contribution in [3.05, 3.63) is 35.4 Å². The molecule has 0 unspecified atom stereocenters. The summed E-state index contributed by atoms with van der Waals surface area (Å²) in [5, 5.41) is 3.04. The number of nitrogens with one attached hydrogen (secondary N) is 1. The molecule has 23 heavy (non-hydrogen) atoms. The zero-order valence-electron chi connectivity index (χ0n) is 13.9. The first-order chi connectivity index (χ1) is 11.1. The molecule has 1 aliphatic heterocycles. The maximum Gasteiger partial charge on any atom is 0.254 e. The first-order valence-corrected chi connectivity index (χ1v) is 8.78. The topological polar surface area (TPSA) is 49.4 Å². The van der Waals surface area contributed by atoms with Crippen LogP contribution in [0.5, 0.6) is 0 Å². The number of piperidine rings is 1. The predicted molar refractivity (Wildman–Crippen MR) is 90.2 cm³/mol. The normalized spacial score (nSPS) is 18.7. The molecular weight excluding hydrogens is 288 g/mol. The molecule has 1 aliphatic carbocycles. The van der Waals surface area contributed by atoms with E-state index in [-0.39, 0.29) is 11.8 Å². The number of rotatable bonds is 5. The minimum atomic E-state index is 0.146. The van der Waals surface area contributed by atoms with Crippen molar-refractivity contribution in [3.63, 3.8) is 0 Å². The second kappa shape index (κ2) is 7.16. The van der Waals surface area contributed by atoms with Gasteiger partial charge in [0.25, 0.3) is 5.91 Å². The van der Waals surface area contributed by atoms with Crippen molar-refractivity contribution in [2.75, 3.05) is 13.1 Å². The average Bonchev–Trinajstić information content (AvgIpc) is 3.37. The van der Waals surface area contributed by atoms with Crippen LogP contribution >= 0.6 is 0 Å². The average molecular weight is 314 g/mol. The minimum Gasteiger partial charge on any atom is -0.353 e. The minimum absolute atomic E-state index is 0.146. The number of hydrogen-bond acceptors (Lipinski definition) is 2. The molecule has 1 N–H and O–H groups in total. The van der Waals surface area contributed by atoms with E-state index >= 15 is 0 Å². The van der Waals surface area contributed by atoms with E-state index in [0.717, 1.165) is 56.3 Å². The molecule has 0 aromatic heterocycles. The van der Waals surface area contributed by atoms with Gasteiger partial charge in [-0.25, -0.2) is 0 Å². The molecule has 1 saturated heterocycles. The number of likely N-dealkylation sites (tertiary alicyclic amines) is 1. The van der Waals surface area contributed by atoms with Gasteiger partial charge >= 0.3 is 0 Å². The third kappa shape index (κ3) is 4.34. The molecule has 1 heterocycles. The molecule has 1 aromatic rings. The van der Waals surface area contributed by atoms with Gasteiger partial charge in [0.1, 0.15) is 0 Å². The van der Waals surface area contributed by atoms with E-state index in [1.807, 2.05) is 36.1 Å². The van der Waals surface area contributed by atoms with Crippen LogP contribution < -0.4 is 5.32 Å². The van der Waals surface area contributed by atoms with E-state index < -0.39 is 0 Å². The highest BCUT2D eigenvalue weighted by molar-refractivity contribution is 5.95. The van der Waals surface area contributed by atoms with Crippen molar-refractivity contribution in [1.29, 1.82) is 0 Å². The summed E-state index contributed by atoms with van der Waals surface area (Å²) in [6.07, 6.45) is 5.89. The van der Waals surface area contributed by atoms with Crippen molar-refractivity contribution >= 4 is 11.8 Å². The van der Waals surface area contributed by atoms with Gasteiger partial charge in [0.05, 0.1) is 0 Å². The summed E-state index contributed by atoms with van der Waals surface area (Å²) in [4.78, 5) is 26.3. The van der Waals surface area contributed by atoms with Crippen LogP contribution in [-0.2, 0) is 4.79 Å². The Labute approximate surface area is 138 Å². The van der Waals surface area contributed by atoms with E-state index in [1.165, 1.54) is 0 Å². The first kappa shape index (κ1) is 16.0. The molecule has 1 aromatic carbocycles. The van der Waals surface area contributed by atoms with Crippen LogP contribution in [0, 0.1) is 12.8 Å². The van der Waals surface area contributed by atoms with Crippen molar-refractivity contribution in [3.8, 4) is 0 Å². The summed E-state index contributed by atoms with van der Waals surface area (Å²) in [5.41, 5.74) is 1.85. The third-order valence-corrected chi connectivity index (χ3v) is 5.00. The Morgan fingerprint density at radius 2 is 1.83 bits per heavy atom. The maximum absolute atomic E-state index is 12.6. The molecule has 4 nitrogen and oxygen atoms in total. The standard InChI is InChI=1S/C19H26N2O2/c1-14-4-2-3-5-17(14)19(23)21-12-10-15(11-13-21)6-9-18(22)20-16-7-8-16/h2-5,15-16H,6-13H2,1H3,(H,20,22). The lowest BCUT2D eigenvalue weighted by Gasteiger charge is -2.32. The van der Waals surface area contributed by atoms with Crippen molar-refractivity contribution in [1.82, 2.24) is 10.2 Å². The van der Waals surface area contributed by atoms with Gasteiger partial charge in [0, 0.05) is 31.1 Å². The first-order valence-electron chi connectivity index (χ1n) is 8.78. The van der Waals surface area contributed by atoms with Crippen molar-refractivity contribution in [2.45, 2.75) is 51.5 Å². The van der Waals surface area contributed by atoms with Gasteiger partial charge in [-0.15, -0.1) is 0 Å². The van der Waals surface area contributed by atoms with Crippen LogP contribution in [0.25, 0.3) is 0 Å². The number of carbonyl (C=O) groups is 2. The Balaban J connectivity index is 1.43. The van der Waals surface area contributed by atoms with Crippen LogP contribution in [-0.4, -0.2) is 35.8 Å². The van der Waals surface area contributed by atoms with Crippen molar-refractivity contribution < 1.29 is 9.59 Å². The lowest BCUT2D eigenvalue weighted by Crippen LogP contribution is -2.39. The lowest BCUT2D eigenvalue weighted by molar-refractivity contribution is -0.121. The number of hydrogen-bond donors (Lipinski definition) is 1. The van der Waals surface area contributed by atoms with Gasteiger partial charge in [-0.1, -0.05) is 18.2 Å². The predicted octanol–water partition coefficient (Wildman–Crippen LogP) is 2.91. The molecule has 1 saturated carbocycles. The lowest BCUT2D eigenvalue weighted by atomic mass is 9.91. The van der Waals surface area contributed by atoms with Gasteiger partial charge in [0.2, 0.25) is 5.91 Å². The largest absolute Gasteiger partial charge is 0.353 e. The zero-order chi connectivity index (χ0) is 16.2. The molecule has 4 heteroatoms. The monoisotopic (exact) mass is 314 g/mol. The van der Waals surface area contributed by atoms with Crippen LogP contribution in [0.2, 0.25) is 0 Å².